The SMILES string of the molecule is CCCCCCCCCCCCCCC1CC(=O)N(CCNCCNCCNCCN)C1=O. The van der Waals surface area contributed by atoms with E-state index in [9.17, 15) is 9.59 Å². The van der Waals surface area contributed by atoms with Crippen LogP contribution in [0.25, 0.3) is 0 Å². The summed E-state index contributed by atoms with van der Waals surface area (Å²) in [6.45, 7) is 8.44. The van der Waals surface area contributed by atoms with Gasteiger partial charge in [0.2, 0.25) is 11.8 Å². The second-order valence-electron chi connectivity index (χ2n) is 9.50. The Bertz CT molecular complexity index is 489. The Morgan fingerprint density at radius 3 is 1.76 bits per heavy atom. The number of hydrogen-bond donors (Lipinski definition) is 4. The van der Waals surface area contributed by atoms with E-state index in [0.717, 1.165) is 45.6 Å². The molecule has 1 atom stereocenters. The normalized spacial score (nSPS) is 16.3. The maximum absolute atomic E-state index is 12.6. The van der Waals surface area contributed by atoms with Crippen LogP contribution in [0.1, 0.15) is 96.8 Å². The number of amides is 2. The fraction of sp³-hybridized carbons (Fsp3) is 0.923. The fourth-order valence-corrected chi connectivity index (χ4v) is 4.47. The first-order valence-corrected chi connectivity index (χ1v) is 13.9. The van der Waals surface area contributed by atoms with Crippen LogP contribution in [0.3, 0.4) is 0 Å². The van der Waals surface area contributed by atoms with E-state index in [1.807, 2.05) is 0 Å². The summed E-state index contributed by atoms with van der Waals surface area (Å²) in [6.07, 6.45) is 17.1. The molecule has 1 fully saturated rings. The Labute approximate surface area is 203 Å². The topological polar surface area (TPSA) is 99.5 Å². The van der Waals surface area contributed by atoms with Crippen LogP contribution >= 0.6 is 0 Å². The number of nitrogens with one attached hydrogen (secondary N) is 3. The van der Waals surface area contributed by atoms with Crippen molar-refractivity contribution in [2.45, 2.75) is 96.8 Å². The van der Waals surface area contributed by atoms with Gasteiger partial charge in [0.05, 0.1) is 0 Å². The zero-order valence-corrected chi connectivity index (χ0v) is 21.5. The molecule has 0 bridgehead atoms. The Kier molecular flexibility index (Phi) is 19.6. The van der Waals surface area contributed by atoms with Gasteiger partial charge in [0, 0.05) is 64.7 Å². The molecule has 1 aliphatic rings. The fourth-order valence-electron chi connectivity index (χ4n) is 4.47. The van der Waals surface area contributed by atoms with E-state index >= 15 is 0 Å². The molecule has 2 amide bonds. The Hall–Kier alpha value is -1.02. The molecule has 194 valence electrons. The molecular formula is C26H53N5O2. The van der Waals surface area contributed by atoms with Gasteiger partial charge in [-0.3, -0.25) is 14.5 Å². The Balaban J connectivity index is 1.95. The number of hydrogen-bond acceptors (Lipinski definition) is 6. The number of nitrogens with two attached hydrogens (primary N) is 1. The molecule has 1 heterocycles. The first-order valence-electron chi connectivity index (χ1n) is 13.9. The summed E-state index contributed by atoms with van der Waals surface area (Å²) >= 11 is 0. The van der Waals surface area contributed by atoms with Crippen molar-refractivity contribution >= 4 is 11.8 Å². The number of carbonyl (C=O) groups is 2. The van der Waals surface area contributed by atoms with Gasteiger partial charge in [-0.1, -0.05) is 84.0 Å². The van der Waals surface area contributed by atoms with E-state index in [1.165, 1.54) is 75.5 Å². The Morgan fingerprint density at radius 2 is 1.21 bits per heavy atom. The molecule has 0 aliphatic carbocycles. The van der Waals surface area contributed by atoms with Crippen molar-refractivity contribution < 1.29 is 9.59 Å². The standard InChI is InChI=1S/C26H53N5O2/c1-2-3-4-5-6-7-8-9-10-11-12-13-14-24-23-25(32)31(26(24)33)22-21-30-20-19-29-18-17-28-16-15-27/h24,28-30H,2-23,27H2,1H3. The van der Waals surface area contributed by atoms with Crippen LogP contribution in [0.15, 0.2) is 0 Å². The molecule has 0 saturated carbocycles. The highest BCUT2D eigenvalue weighted by atomic mass is 16.2. The van der Waals surface area contributed by atoms with Gasteiger partial charge in [-0.25, -0.2) is 0 Å². The van der Waals surface area contributed by atoms with E-state index in [0.29, 0.717) is 26.1 Å². The van der Waals surface area contributed by atoms with Crippen LogP contribution in [0.5, 0.6) is 0 Å². The highest BCUT2D eigenvalue weighted by Gasteiger charge is 2.37. The maximum atomic E-state index is 12.6. The lowest BCUT2D eigenvalue weighted by Crippen LogP contribution is -2.39. The van der Waals surface area contributed by atoms with Crippen LogP contribution in [0, 0.1) is 5.92 Å². The maximum Gasteiger partial charge on any atom is 0.232 e. The Morgan fingerprint density at radius 1 is 0.727 bits per heavy atom. The van der Waals surface area contributed by atoms with E-state index in [-0.39, 0.29) is 17.7 Å². The minimum absolute atomic E-state index is 0.00911. The van der Waals surface area contributed by atoms with Gasteiger partial charge >= 0.3 is 0 Å². The van der Waals surface area contributed by atoms with Crippen LogP contribution < -0.4 is 21.7 Å². The molecule has 1 rings (SSSR count). The summed E-state index contributed by atoms with van der Waals surface area (Å²) in [7, 11) is 0. The van der Waals surface area contributed by atoms with Gasteiger partial charge in [0.1, 0.15) is 0 Å². The third-order valence-corrected chi connectivity index (χ3v) is 6.53. The average molecular weight is 468 g/mol. The molecule has 1 saturated heterocycles. The average Bonchev–Trinajstić information content (AvgIpc) is 3.08. The summed E-state index contributed by atoms with van der Waals surface area (Å²) in [5.74, 6) is -0.0212. The van der Waals surface area contributed by atoms with E-state index in [2.05, 4.69) is 22.9 Å². The number of unbranched alkanes of at least 4 members (excludes halogenated alkanes) is 11. The first-order chi connectivity index (χ1) is 16.2. The van der Waals surface area contributed by atoms with E-state index < -0.39 is 0 Å². The molecule has 1 unspecified atom stereocenters. The van der Waals surface area contributed by atoms with Gasteiger partial charge in [-0.2, -0.15) is 0 Å². The highest BCUT2D eigenvalue weighted by molar-refractivity contribution is 6.03. The second kappa shape index (κ2) is 21.5. The molecule has 0 radical (unpaired) electrons. The summed E-state index contributed by atoms with van der Waals surface area (Å²) < 4.78 is 0. The minimum atomic E-state index is -0.0803. The predicted molar refractivity (Wildman–Crippen MR) is 138 cm³/mol. The lowest BCUT2D eigenvalue weighted by atomic mass is 9.98. The van der Waals surface area contributed by atoms with Crippen molar-refractivity contribution in [3.63, 3.8) is 0 Å². The largest absolute Gasteiger partial charge is 0.329 e. The number of imide groups is 1. The van der Waals surface area contributed by atoms with Gasteiger partial charge in [0.25, 0.3) is 0 Å². The van der Waals surface area contributed by atoms with E-state index in [4.69, 9.17) is 5.73 Å². The molecular weight excluding hydrogens is 414 g/mol. The third kappa shape index (κ3) is 15.5. The van der Waals surface area contributed by atoms with E-state index in [1.54, 1.807) is 0 Å². The molecule has 33 heavy (non-hydrogen) atoms. The van der Waals surface area contributed by atoms with Crippen LogP contribution in [-0.4, -0.2) is 69.1 Å². The highest BCUT2D eigenvalue weighted by Crippen LogP contribution is 2.25. The predicted octanol–water partition coefficient (Wildman–Crippen LogP) is 3.18. The van der Waals surface area contributed by atoms with Crippen molar-refractivity contribution in [1.82, 2.24) is 20.9 Å². The minimum Gasteiger partial charge on any atom is -0.329 e. The van der Waals surface area contributed by atoms with Crippen molar-refractivity contribution in [3.8, 4) is 0 Å². The molecule has 0 spiro atoms. The number of rotatable bonds is 24. The molecule has 5 N–H and O–H groups in total. The molecule has 0 aromatic heterocycles. The molecule has 7 heteroatoms. The van der Waals surface area contributed by atoms with Gasteiger partial charge in [-0.15, -0.1) is 0 Å². The lowest BCUT2D eigenvalue weighted by Gasteiger charge is -2.15. The van der Waals surface area contributed by atoms with Gasteiger partial charge in [-0.05, 0) is 6.42 Å². The van der Waals surface area contributed by atoms with Crippen molar-refractivity contribution in [2.24, 2.45) is 11.7 Å². The lowest BCUT2D eigenvalue weighted by molar-refractivity contribution is -0.139. The molecule has 0 aromatic carbocycles. The van der Waals surface area contributed by atoms with Crippen molar-refractivity contribution in [2.75, 3.05) is 52.4 Å². The monoisotopic (exact) mass is 467 g/mol. The van der Waals surface area contributed by atoms with Crippen LogP contribution in [0.4, 0.5) is 0 Å². The summed E-state index contributed by atoms with van der Waals surface area (Å²) in [6, 6.07) is 0. The number of likely N-dealkylation sites (tertiary alicyclic amines) is 1. The summed E-state index contributed by atoms with van der Waals surface area (Å²) in [5.41, 5.74) is 5.43. The van der Waals surface area contributed by atoms with Crippen LogP contribution in [0.2, 0.25) is 0 Å². The zero-order valence-electron chi connectivity index (χ0n) is 21.5. The number of carbonyl (C=O) groups excluding carboxylic acids is 2. The first kappa shape index (κ1) is 30.0. The van der Waals surface area contributed by atoms with Crippen molar-refractivity contribution in [3.05, 3.63) is 0 Å². The van der Waals surface area contributed by atoms with Crippen molar-refractivity contribution in [1.29, 1.82) is 0 Å². The molecule has 1 aliphatic heterocycles. The number of nitrogens with zero attached hydrogens (tertiary/aromatic N) is 1. The van der Waals surface area contributed by atoms with Gasteiger partial charge < -0.3 is 21.7 Å². The van der Waals surface area contributed by atoms with Crippen LogP contribution in [-0.2, 0) is 9.59 Å². The quantitative estimate of drug-likeness (QED) is 0.129. The molecule has 0 aromatic rings. The summed E-state index contributed by atoms with van der Waals surface area (Å²) in [4.78, 5) is 26.3. The summed E-state index contributed by atoms with van der Waals surface area (Å²) in [5, 5.41) is 9.89. The molecule has 7 nitrogen and oxygen atoms in total. The zero-order chi connectivity index (χ0) is 24.0. The third-order valence-electron chi connectivity index (χ3n) is 6.53. The van der Waals surface area contributed by atoms with Gasteiger partial charge in [0.15, 0.2) is 0 Å². The second-order valence-corrected chi connectivity index (χ2v) is 9.50. The smallest absolute Gasteiger partial charge is 0.232 e.